The van der Waals surface area contributed by atoms with Gasteiger partial charge < -0.3 is 15.2 Å². The number of halogens is 1. The molecule has 0 spiro atoms. The Balaban J connectivity index is 2.56. The number of carbonyl (C=O) groups is 2. The molecule has 0 aliphatic heterocycles. The standard InChI is InChI=1S/C12H14FNO4/c1-2-5-14-11(15)7-18-8-3-4-9(12(16)17)10(13)6-8/h3-4,6H,2,5,7H2,1H3,(H,14,15)(H,16,17). The van der Waals surface area contributed by atoms with E-state index in [-0.39, 0.29) is 18.3 Å². The number of nitrogens with one attached hydrogen (secondary N) is 1. The van der Waals surface area contributed by atoms with Crippen LogP contribution < -0.4 is 10.1 Å². The maximum atomic E-state index is 13.3. The molecule has 1 amide bonds. The summed E-state index contributed by atoms with van der Waals surface area (Å²) in [5.74, 6) is -2.43. The summed E-state index contributed by atoms with van der Waals surface area (Å²) in [6.45, 7) is 2.24. The number of aromatic carboxylic acids is 1. The highest BCUT2D eigenvalue weighted by Gasteiger charge is 2.11. The SMILES string of the molecule is CCCNC(=O)COc1ccc(C(=O)O)c(F)c1. The first-order valence-corrected chi connectivity index (χ1v) is 5.47. The van der Waals surface area contributed by atoms with Crippen molar-refractivity contribution in [1.82, 2.24) is 5.32 Å². The summed E-state index contributed by atoms with van der Waals surface area (Å²) in [5.41, 5.74) is -0.433. The zero-order valence-corrected chi connectivity index (χ0v) is 9.90. The Morgan fingerprint density at radius 1 is 1.44 bits per heavy atom. The lowest BCUT2D eigenvalue weighted by atomic mass is 10.2. The van der Waals surface area contributed by atoms with Gasteiger partial charge >= 0.3 is 5.97 Å². The van der Waals surface area contributed by atoms with Crippen molar-refractivity contribution >= 4 is 11.9 Å². The predicted molar refractivity (Wildman–Crippen MR) is 62.2 cm³/mol. The van der Waals surface area contributed by atoms with Gasteiger partial charge in [-0.25, -0.2) is 9.18 Å². The van der Waals surface area contributed by atoms with Gasteiger partial charge in [0.1, 0.15) is 11.6 Å². The topological polar surface area (TPSA) is 75.6 Å². The Morgan fingerprint density at radius 3 is 2.72 bits per heavy atom. The maximum absolute atomic E-state index is 13.3. The van der Waals surface area contributed by atoms with E-state index in [1.54, 1.807) is 0 Å². The van der Waals surface area contributed by atoms with Crippen molar-refractivity contribution < 1.29 is 23.8 Å². The van der Waals surface area contributed by atoms with Gasteiger partial charge in [0.15, 0.2) is 6.61 Å². The summed E-state index contributed by atoms with van der Waals surface area (Å²) in [6, 6.07) is 3.34. The van der Waals surface area contributed by atoms with Crippen LogP contribution in [0.2, 0.25) is 0 Å². The van der Waals surface area contributed by atoms with Gasteiger partial charge in [0.25, 0.3) is 5.91 Å². The predicted octanol–water partition coefficient (Wildman–Crippen LogP) is 1.43. The van der Waals surface area contributed by atoms with Crippen LogP contribution in [0, 0.1) is 5.82 Å². The van der Waals surface area contributed by atoms with E-state index in [9.17, 15) is 14.0 Å². The molecule has 0 heterocycles. The highest BCUT2D eigenvalue weighted by atomic mass is 19.1. The fourth-order valence-corrected chi connectivity index (χ4v) is 1.22. The summed E-state index contributed by atoms with van der Waals surface area (Å²) in [7, 11) is 0. The minimum Gasteiger partial charge on any atom is -0.484 e. The molecule has 1 aromatic carbocycles. The molecule has 0 atom stereocenters. The lowest BCUT2D eigenvalue weighted by molar-refractivity contribution is -0.123. The molecule has 0 saturated heterocycles. The van der Waals surface area contributed by atoms with Crippen LogP contribution in [0.3, 0.4) is 0 Å². The second-order valence-corrected chi connectivity index (χ2v) is 3.59. The number of benzene rings is 1. The Labute approximate surface area is 104 Å². The number of carbonyl (C=O) groups excluding carboxylic acids is 1. The summed E-state index contributed by atoms with van der Waals surface area (Å²) >= 11 is 0. The Bertz CT molecular complexity index is 448. The number of carboxylic acids is 1. The van der Waals surface area contributed by atoms with E-state index in [2.05, 4.69) is 5.32 Å². The van der Waals surface area contributed by atoms with Gasteiger partial charge in [-0.15, -0.1) is 0 Å². The van der Waals surface area contributed by atoms with E-state index >= 15 is 0 Å². The van der Waals surface area contributed by atoms with Crippen molar-refractivity contribution in [2.75, 3.05) is 13.2 Å². The molecule has 0 aliphatic rings. The lowest BCUT2D eigenvalue weighted by Crippen LogP contribution is -2.29. The van der Waals surface area contributed by atoms with Crippen LogP contribution in [0.1, 0.15) is 23.7 Å². The highest BCUT2D eigenvalue weighted by molar-refractivity contribution is 5.88. The zero-order valence-electron chi connectivity index (χ0n) is 9.90. The molecular weight excluding hydrogens is 241 g/mol. The van der Waals surface area contributed by atoms with Gasteiger partial charge in [0, 0.05) is 12.6 Å². The van der Waals surface area contributed by atoms with Gasteiger partial charge in [-0.05, 0) is 18.6 Å². The van der Waals surface area contributed by atoms with Crippen molar-refractivity contribution in [3.63, 3.8) is 0 Å². The molecule has 0 aliphatic carbocycles. The van der Waals surface area contributed by atoms with Crippen LogP contribution in [0.25, 0.3) is 0 Å². The second kappa shape index (κ2) is 6.58. The fourth-order valence-electron chi connectivity index (χ4n) is 1.22. The summed E-state index contributed by atoms with van der Waals surface area (Å²) in [5, 5.41) is 11.2. The van der Waals surface area contributed by atoms with Gasteiger partial charge in [-0.2, -0.15) is 0 Å². The van der Waals surface area contributed by atoms with Crippen LogP contribution in [0.4, 0.5) is 4.39 Å². The molecule has 0 radical (unpaired) electrons. The normalized spacial score (nSPS) is 9.89. The number of carboxylic acid groups (broad SMARTS) is 1. The summed E-state index contributed by atoms with van der Waals surface area (Å²) in [6.07, 6.45) is 0.813. The average Bonchev–Trinajstić information content (AvgIpc) is 2.33. The monoisotopic (exact) mass is 255 g/mol. The first-order valence-electron chi connectivity index (χ1n) is 5.47. The second-order valence-electron chi connectivity index (χ2n) is 3.59. The van der Waals surface area contributed by atoms with Crippen molar-refractivity contribution in [3.8, 4) is 5.75 Å². The third kappa shape index (κ3) is 4.04. The molecule has 98 valence electrons. The molecule has 0 aromatic heterocycles. The van der Waals surface area contributed by atoms with E-state index in [1.165, 1.54) is 6.07 Å². The molecule has 6 heteroatoms. The van der Waals surface area contributed by atoms with Crippen LogP contribution in [-0.4, -0.2) is 30.1 Å². The smallest absolute Gasteiger partial charge is 0.338 e. The fraction of sp³-hybridized carbons (Fsp3) is 0.333. The van der Waals surface area contributed by atoms with Gasteiger partial charge in [-0.3, -0.25) is 4.79 Å². The lowest BCUT2D eigenvalue weighted by Gasteiger charge is -2.07. The number of ether oxygens (including phenoxy) is 1. The number of amides is 1. The zero-order chi connectivity index (χ0) is 13.5. The molecule has 1 aromatic rings. The Hall–Kier alpha value is -2.11. The maximum Gasteiger partial charge on any atom is 0.338 e. The van der Waals surface area contributed by atoms with Gasteiger partial charge in [0.05, 0.1) is 5.56 Å². The van der Waals surface area contributed by atoms with E-state index in [1.807, 2.05) is 6.92 Å². The molecule has 0 unspecified atom stereocenters. The van der Waals surface area contributed by atoms with E-state index in [4.69, 9.17) is 9.84 Å². The van der Waals surface area contributed by atoms with Crippen molar-refractivity contribution in [1.29, 1.82) is 0 Å². The van der Waals surface area contributed by atoms with E-state index in [0.717, 1.165) is 18.6 Å². The van der Waals surface area contributed by atoms with Crippen LogP contribution in [0.5, 0.6) is 5.75 Å². The molecule has 0 bridgehead atoms. The summed E-state index contributed by atoms with van der Waals surface area (Å²) in [4.78, 5) is 21.8. The number of hydrogen-bond acceptors (Lipinski definition) is 3. The molecular formula is C12H14FNO4. The molecule has 18 heavy (non-hydrogen) atoms. The average molecular weight is 255 g/mol. The Morgan fingerprint density at radius 2 is 2.17 bits per heavy atom. The molecule has 0 saturated carbocycles. The minimum absolute atomic E-state index is 0.115. The van der Waals surface area contributed by atoms with Gasteiger partial charge in [0.2, 0.25) is 0 Å². The van der Waals surface area contributed by atoms with Crippen molar-refractivity contribution in [2.24, 2.45) is 0 Å². The van der Waals surface area contributed by atoms with E-state index < -0.39 is 17.3 Å². The van der Waals surface area contributed by atoms with Crippen LogP contribution in [-0.2, 0) is 4.79 Å². The molecule has 0 fully saturated rings. The third-order valence-corrected chi connectivity index (χ3v) is 2.11. The largest absolute Gasteiger partial charge is 0.484 e. The van der Waals surface area contributed by atoms with Crippen LogP contribution in [0.15, 0.2) is 18.2 Å². The molecule has 1 rings (SSSR count). The van der Waals surface area contributed by atoms with E-state index in [0.29, 0.717) is 6.54 Å². The van der Waals surface area contributed by atoms with Gasteiger partial charge in [-0.1, -0.05) is 6.92 Å². The first-order chi connectivity index (χ1) is 8.54. The molecule has 2 N–H and O–H groups in total. The van der Waals surface area contributed by atoms with Crippen molar-refractivity contribution in [2.45, 2.75) is 13.3 Å². The molecule has 5 nitrogen and oxygen atoms in total. The number of hydrogen-bond donors (Lipinski definition) is 2. The Kier molecular flexibility index (Phi) is 5.10. The minimum atomic E-state index is -1.35. The summed E-state index contributed by atoms with van der Waals surface area (Å²) < 4.78 is 18.3. The van der Waals surface area contributed by atoms with Crippen molar-refractivity contribution in [3.05, 3.63) is 29.6 Å². The number of rotatable bonds is 6. The highest BCUT2D eigenvalue weighted by Crippen LogP contribution is 2.16. The quantitative estimate of drug-likeness (QED) is 0.806. The third-order valence-electron chi connectivity index (χ3n) is 2.11. The first kappa shape index (κ1) is 14.0. The van der Waals surface area contributed by atoms with Crippen LogP contribution >= 0.6 is 0 Å².